The Hall–Kier alpha value is -2.14. The van der Waals surface area contributed by atoms with Crippen LogP contribution in [0, 0.1) is 0 Å². The van der Waals surface area contributed by atoms with E-state index in [2.05, 4.69) is 0 Å². The van der Waals surface area contributed by atoms with E-state index >= 15 is 0 Å². The van der Waals surface area contributed by atoms with Crippen molar-refractivity contribution in [3.05, 3.63) is 57.8 Å². The Labute approximate surface area is 127 Å². The van der Waals surface area contributed by atoms with Crippen molar-refractivity contribution >= 4 is 23.2 Å². The van der Waals surface area contributed by atoms with Gasteiger partial charge in [-0.15, -0.1) is 11.3 Å². The first-order chi connectivity index (χ1) is 10.0. The monoisotopic (exact) mass is 303 g/mol. The summed E-state index contributed by atoms with van der Waals surface area (Å²) in [6.07, 6.45) is 0.0920. The zero-order valence-electron chi connectivity index (χ0n) is 11.9. The van der Waals surface area contributed by atoms with Gasteiger partial charge in [-0.3, -0.25) is 4.79 Å². The van der Waals surface area contributed by atoms with Crippen molar-refractivity contribution in [2.24, 2.45) is 0 Å². The fraction of sp³-hybridized carbons (Fsp3) is 0.250. The molecule has 0 fully saturated rings. The second-order valence-electron chi connectivity index (χ2n) is 4.84. The number of nitrogens with zero attached hydrogens (tertiary/aromatic N) is 1. The molecule has 1 N–H and O–H groups in total. The number of carboxylic acid groups (broad SMARTS) is 1. The summed E-state index contributed by atoms with van der Waals surface area (Å²) in [5.74, 6) is -1.10. The molecule has 0 aliphatic rings. The van der Waals surface area contributed by atoms with E-state index < -0.39 is 5.97 Å². The lowest BCUT2D eigenvalue weighted by molar-refractivity contribution is -0.131. The lowest BCUT2D eigenvalue weighted by atomic mass is 10.0. The molecule has 5 heteroatoms. The maximum atomic E-state index is 12.4. The van der Waals surface area contributed by atoms with Crippen LogP contribution >= 0.6 is 11.3 Å². The van der Waals surface area contributed by atoms with Gasteiger partial charge in [-0.05, 0) is 30.0 Å². The molecule has 1 heterocycles. The molecular formula is C16H17NO3S. The number of amides is 1. The van der Waals surface area contributed by atoms with Crippen molar-refractivity contribution in [3.8, 4) is 0 Å². The Morgan fingerprint density at radius 1 is 1.24 bits per heavy atom. The lowest BCUT2D eigenvalue weighted by Gasteiger charge is -2.24. The van der Waals surface area contributed by atoms with Gasteiger partial charge in [-0.1, -0.05) is 24.3 Å². The first-order valence-electron chi connectivity index (χ1n) is 6.61. The number of aromatic carboxylic acids is 1. The maximum Gasteiger partial charge on any atom is 0.335 e. The molecule has 0 bridgehead atoms. The Bertz CT molecular complexity index is 637. The van der Waals surface area contributed by atoms with Gasteiger partial charge >= 0.3 is 5.97 Å². The third-order valence-corrected chi connectivity index (χ3v) is 4.56. The lowest BCUT2D eigenvalue weighted by Crippen LogP contribution is -2.31. The highest BCUT2D eigenvalue weighted by Gasteiger charge is 2.20. The number of rotatable bonds is 5. The van der Waals surface area contributed by atoms with Crippen LogP contribution in [0.25, 0.3) is 0 Å². The van der Waals surface area contributed by atoms with Crippen molar-refractivity contribution in [1.82, 2.24) is 4.90 Å². The third-order valence-electron chi connectivity index (χ3n) is 3.52. The normalized spacial score (nSPS) is 11.9. The van der Waals surface area contributed by atoms with Gasteiger partial charge in [0.25, 0.3) is 0 Å². The second-order valence-corrected chi connectivity index (χ2v) is 5.81. The van der Waals surface area contributed by atoms with Crippen molar-refractivity contribution in [2.45, 2.75) is 19.4 Å². The highest BCUT2D eigenvalue weighted by Crippen LogP contribution is 2.24. The van der Waals surface area contributed by atoms with Crippen LogP contribution in [0.2, 0.25) is 0 Å². The Kier molecular flexibility index (Phi) is 4.75. The van der Waals surface area contributed by atoms with E-state index in [4.69, 9.17) is 5.11 Å². The molecule has 0 radical (unpaired) electrons. The highest BCUT2D eigenvalue weighted by molar-refractivity contribution is 7.10. The van der Waals surface area contributed by atoms with Crippen LogP contribution in [0.1, 0.15) is 33.8 Å². The van der Waals surface area contributed by atoms with Crippen LogP contribution in [0.3, 0.4) is 0 Å². The molecule has 1 aromatic heterocycles. The molecule has 1 aromatic carbocycles. The van der Waals surface area contributed by atoms with Crippen molar-refractivity contribution in [3.63, 3.8) is 0 Å². The minimum absolute atomic E-state index is 0.0190. The smallest absolute Gasteiger partial charge is 0.335 e. The van der Waals surface area contributed by atoms with Gasteiger partial charge in [-0.25, -0.2) is 4.79 Å². The molecule has 0 spiro atoms. The standard InChI is InChI=1S/C16H17NO3S/c1-11(14-8-5-9-21-14)17(2)15(18)10-12-6-3-4-7-13(12)16(19)20/h3-9,11H,10H2,1-2H3,(H,19,20). The van der Waals surface area contributed by atoms with E-state index in [9.17, 15) is 9.59 Å². The number of carboxylic acids is 1. The summed E-state index contributed by atoms with van der Waals surface area (Å²) in [7, 11) is 1.75. The number of carbonyl (C=O) groups is 2. The number of thiophene rings is 1. The van der Waals surface area contributed by atoms with Crippen molar-refractivity contribution < 1.29 is 14.7 Å². The predicted octanol–water partition coefficient (Wildman–Crippen LogP) is 3.21. The minimum atomic E-state index is -1.01. The molecule has 0 aliphatic carbocycles. The predicted molar refractivity (Wildman–Crippen MR) is 82.6 cm³/mol. The van der Waals surface area contributed by atoms with Crippen LogP contribution in [0.4, 0.5) is 0 Å². The van der Waals surface area contributed by atoms with Gasteiger partial charge in [0.15, 0.2) is 0 Å². The first kappa shape index (κ1) is 15.3. The zero-order valence-corrected chi connectivity index (χ0v) is 12.8. The molecule has 21 heavy (non-hydrogen) atoms. The highest BCUT2D eigenvalue weighted by atomic mass is 32.1. The van der Waals surface area contributed by atoms with E-state index in [1.54, 1.807) is 41.5 Å². The molecule has 0 aliphatic heterocycles. The van der Waals surface area contributed by atoms with Crippen LogP contribution in [0.5, 0.6) is 0 Å². The van der Waals surface area contributed by atoms with Gasteiger partial charge in [-0.2, -0.15) is 0 Å². The van der Waals surface area contributed by atoms with E-state index in [-0.39, 0.29) is 23.9 Å². The topological polar surface area (TPSA) is 57.6 Å². The van der Waals surface area contributed by atoms with Crippen molar-refractivity contribution in [2.75, 3.05) is 7.05 Å². The molecule has 1 amide bonds. The minimum Gasteiger partial charge on any atom is -0.478 e. The van der Waals surface area contributed by atoms with Crippen molar-refractivity contribution in [1.29, 1.82) is 0 Å². The molecule has 1 unspecified atom stereocenters. The van der Waals surface area contributed by atoms with Gasteiger partial charge < -0.3 is 10.0 Å². The maximum absolute atomic E-state index is 12.4. The summed E-state index contributed by atoms with van der Waals surface area (Å²) < 4.78 is 0. The van der Waals surface area contributed by atoms with Gasteiger partial charge in [0.2, 0.25) is 5.91 Å². The van der Waals surface area contributed by atoms with Crippen LogP contribution in [-0.4, -0.2) is 28.9 Å². The Morgan fingerprint density at radius 2 is 1.95 bits per heavy atom. The number of hydrogen-bond acceptors (Lipinski definition) is 3. The fourth-order valence-electron chi connectivity index (χ4n) is 2.11. The van der Waals surface area contributed by atoms with E-state index in [1.807, 2.05) is 24.4 Å². The molecule has 0 saturated carbocycles. The summed E-state index contributed by atoms with van der Waals surface area (Å²) >= 11 is 1.60. The Balaban J connectivity index is 2.13. The number of hydrogen-bond donors (Lipinski definition) is 1. The van der Waals surface area contributed by atoms with E-state index in [0.717, 1.165) is 4.88 Å². The second kappa shape index (κ2) is 6.54. The molecule has 2 aromatic rings. The third kappa shape index (κ3) is 3.49. The summed E-state index contributed by atoms with van der Waals surface area (Å²) in [6, 6.07) is 10.5. The van der Waals surface area contributed by atoms with E-state index in [1.165, 1.54) is 6.07 Å². The molecule has 0 saturated heterocycles. The Morgan fingerprint density at radius 3 is 2.57 bits per heavy atom. The van der Waals surface area contributed by atoms with E-state index in [0.29, 0.717) is 5.56 Å². The molecule has 110 valence electrons. The fourth-order valence-corrected chi connectivity index (χ4v) is 2.93. The molecule has 2 rings (SSSR count). The zero-order chi connectivity index (χ0) is 15.4. The van der Waals surface area contributed by atoms with Gasteiger partial charge in [0.1, 0.15) is 0 Å². The SMILES string of the molecule is CC(c1cccs1)N(C)C(=O)Cc1ccccc1C(=O)O. The summed E-state index contributed by atoms with van der Waals surface area (Å²) in [5.41, 5.74) is 0.725. The number of benzene rings is 1. The van der Waals surface area contributed by atoms with Crippen LogP contribution in [0.15, 0.2) is 41.8 Å². The molecule has 1 atom stereocenters. The average molecular weight is 303 g/mol. The average Bonchev–Trinajstić information content (AvgIpc) is 3.00. The number of carbonyl (C=O) groups excluding carboxylic acids is 1. The molecule has 4 nitrogen and oxygen atoms in total. The summed E-state index contributed by atoms with van der Waals surface area (Å²) in [4.78, 5) is 26.3. The van der Waals surface area contributed by atoms with Gasteiger partial charge in [0.05, 0.1) is 18.0 Å². The van der Waals surface area contributed by atoms with Crippen LogP contribution in [-0.2, 0) is 11.2 Å². The summed E-state index contributed by atoms with van der Waals surface area (Å²) in [6.45, 7) is 1.97. The molecular weight excluding hydrogens is 286 g/mol. The largest absolute Gasteiger partial charge is 0.478 e. The first-order valence-corrected chi connectivity index (χ1v) is 7.49. The number of likely N-dealkylation sites (N-methyl/N-ethyl adjacent to an activating group) is 1. The van der Waals surface area contributed by atoms with Gasteiger partial charge in [0, 0.05) is 11.9 Å². The summed E-state index contributed by atoms with van der Waals surface area (Å²) in [5, 5.41) is 11.1. The quantitative estimate of drug-likeness (QED) is 0.922. The van der Waals surface area contributed by atoms with Crippen LogP contribution < -0.4 is 0 Å².